The van der Waals surface area contributed by atoms with Gasteiger partial charge in [-0.3, -0.25) is 4.79 Å². The normalized spacial score (nSPS) is 12.7. The average Bonchev–Trinajstić information content (AvgIpc) is 2.05. The van der Waals surface area contributed by atoms with Crippen molar-refractivity contribution >= 4 is 43.9 Å². The Hall–Kier alpha value is 0.400. The summed E-state index contributed by atoms with van der Waals surface area (Å²) in [5.74, 6) is -1.02. The molecule has 0 saturated carbocycles. The quantitative estimate of drug-likeness (QED) is 0.214. The molecule has 84 valence electrons. The van der Waals surface area contributed by atoms with E-state index in [0.29, 0.717) is 0 Å². The molecule has 3 N–H and O–H groups in total. The van der Waals surface area contributed by atoms with E-state index in [1.54, 1.807) is 0 Å². The molecule has 0 aromatic heterocycles. The van der Waals surface area contributed by atoms with Gasteiger partial charge in [-0.05, 0) is 0 Å². The Morgan fingerprint density at radius 1 is 1.14 bits per heavy atom. The van der Waals surface area contributed by atoms with Crippen molar-refractivity contribution in [2.24, 2.45) is 5.41 Å². The van der Waals surface area contributed by atoms with E-state index >= 15 is 0 Å². The first-order valence-electron chi connectivity index (χ1n) is 3.52. The maximum absolute atomic E-state index is 11.3. The van der Waals surface area contributed by atoms with E-state index in [9.17, 15) is 4.79 Å². The van der Waals surface area contributed by atoms with Gasteiger partial charge in [-0.2, -0.15) is 37.9 Å². The van der Waals surface area contributed by atoms with E-state index in [4.69, 9.17) is 15.3 Å². The van der Waals surface area contributed by atoms with Gasteiger partial charge in [-0.25, -0.2) is 0 Å². The van der Waals surface area contributed by atoms with Crippen molar-refractivity contribution in [3.8, 4) is 0 Å². The van der Waals surface area contributed by atoms with Crippen LogP contribution in [0.2, 0.25) is 0 Å². The first-order valence-corrected chi connectivity index (χ1v) is 4.87. The summed E-state index contributed by atoms with van der Waals surface area (Å²) < 4.78 is 2.70. The van der Waals surface area contributed by atoms with Gasteiger partial charge in [-0.15, -0.1) is 0 Å². The molecule has 0 fully saturated rings. The van der Waals surface area contributed by atoms with E-state index in [1.165, 1.54) is 0 Å². The lowest BCUT2D eigenvalue weighted by Gasteiger charge is -2.36. The van der Waals surface area contributed by atoms with E-state index in [2.05, 4.69) is 42.6 Å². The summed E-state index contributed by atoms with van der Waals surface area (Å²) in [5, 5.41) is 26.4. The summed E-state index contributed by atoms with van der Waals surface area (Å²) in [6, 6.07) is 0. The average molecular weight is 260 g/mol. The van der Waals surface area contributed by atoms with Gasteiger partial charge in [0, 0.05) is 0 Å². The highest BCUT2D eigenvalue weighted by Crippen LogP contribution is 2.44. The number of hydrogen-bond acceptors (Lipinski definition) is 8. The molecule has 0 rings (SSSR count). The van der Waals surface area contributed by atoms with E-state index < -0.39 is 34.8 Å². The fraction of sp³-hybridized carbons (Fsp3) is 0.833. The van der Waals surface area contributed by atoms with Crippen molar-refractivity contribution in [3.05, 3.63) is 0 Å². The number of thiol groups is 3. The predicted molar refractivity (Wildman–Crippen MR) is 59.5 cm³/mol. The number of aliphatic hydroxyl groups is 3. The lowest BCUT2D eigenvalue weighted by molar-refractivity contribution is -0.169. The van der Waals surface area contributed by atoms with Crippen molar-refractivity contribution in [1.82, 2.24) is 0 Å². The number of hydrogen-bond donors (Lipinski definition) is 6. The zero-order chi connectivity index (χ0) is 11.4. The van der Waals surface area contributed by atoms with Crippen LogP contribution in [-0.2, 0) is 9.53 Å². The minimum absolute atomic E-state index is 0.751. The van der Waals surface area contributed by atoms with Crippen molar-refractivity contribution in [2.45, 2.75) is 3.41 Å². The van der Waals surface area contributed by atoms with Gasteiger partial charge < -0.3 is 20.1 Å². The third-order valence-corrected chi connectivity index (χ3v) is 3.05. The fourth-order valence-corrected chi connectivity index (χ4v) is 1.42. The van der Waals surface area contributed by atoms with Crippen LogP contribution in [0.3, 0.4) is 0 Å². The summed E-state index contributed by atoms with van der Waals surface area (Å²) in [6.07, 6.45) is 0. The molecule has 0 heterocycles. The van der Waals surface area contributed by atoms with Crippen LogP contribution in [0.1, 0.15) is 0 Å². The highest BCUT2D eigenvalue weighted by Gasteiger charge is 2.52. The summed E-state index contributed by atoms with van der Waals surface area (Å²) in [5.41, 5.74) is -1.79. The molecule has 0 spiro atoms. The third-order valence-electron chi connectivity index (χ3n) is 1.77. The zero-order valence-corrected chi connectivity index (χ0v) is 9.80. The molecule has 0 aliphatic carbocycles. The largest absolute Gasteiger partial charge is 0.438 e. The maximum Gasteiger partial charge on any atom is 0.322 e. The Kier molecular flexibility index (Phi) is 5.63. The first kappa shape index (κ1) is 14.4. The van der Waals surface area contributed by atoms with Crippen molar-refractivity contribution < 1.29 is 24.9 Å². The second-order valence-corrected chi connectivity index (χ2v) is 5.67. The highest BCUT2D eigenvalue weighted by atomic mass is 32.2. The molecule has 0 radical (unpaired) electrons. The molecule has 0 amide bonds. The Balaban J connectivity index is 4.98. The molecule has 5 nitrogen and oxygen atoms in total. The fourth-order valence-electron chi connectivity index (χ4n) is 0.725. The summed E-state index contributed by atoms with van der Waals surface area (Å²) in [7, 11) is 0. The SMILES string of the molecule is O=C(OCO)C(CO)(CO)C(S)(S)S. The summed E-state index contributed by atoms with van der Waals surface area (Å²) in [6.45, 7) is -2.36. The van der Waals surface area contributed by atoms with Crippen LogP contribution in [0, 0.1) is 5.41 Å². The number of carbonyl (C=O) groups is 1. The number of ether oxygens (including phenoxy) is 1. The second-order valence-electron chi connectivity index (χ2n) is 2.59. The monoisotopic (exact) mass is 260 g/mol. The van der Waals surface area contributed by atoms with Gasteiger partial charge in [0.1, 0.15) is 8.83 Å². The van der Waals surface area contributed by atoms with Crippen LogP contribution >= 0.6 is 37.9 Å². The Morgan fingerprint density at radius 2 is 1.57 bits per heavy atom. The van der Waals surface area contributed by atoms with Gasteiger partial charge in [0.2, 0.25) is 0 Å². The number of aliphatic hydroxyl groups excluding tert-OH is 3. The van der Waals surface area contributed by atoms with Gasteiger partial charge in [-0.1, -0.05) is 0 Å². The standard InChI is InChI=1S/C6H12O5S3/c7-1-5(2-8,6(12,13)14)4(10)11-3-9/h7-9,12-14H,1-3H2. The van der Waals surface area contributed by atoms with Crippen molar-refractivity contribution in [2.75, 3.05) is 20.0 Å². The molecule has 0 bridgehead atoms. The van der Waals surface area contributed by atoms with Gasteiger partial charge in [0.15, 0.2) is 6.79 Å². The lowest BCUT2D eigenvalue weighted by atomic mass is 9.92. The van der Waals surface area contributed by atoms with Gasteiger partial charge in [0.25, 0.3) is 0 Å². The van der Waals surface area contributed by atoms with Gasteiger partial charge in [0.05, 0.1) is 13.2 Å². The maximum atomic E-state index is 11.3. The van der Waals surface area contributed by atoms with E-state index in [-0.39, 0.29) is 0 Å². The minimum atomic E-state index is -1.79. The second kappa shape index (κ2) is 5.47. The third kappa shape index (κ3) is 2.71. The van der Waals surface area contributed by atoms with Crippen molar-refractivity contribution in [3.63, 3.8) is 0 Å². The van der Waals surface area contributed by atoms with E-state index in [1.807, 2.05) is 0 Å². The minimum Gasteiger partial charge on any atom is -0.438 e. The van der Waals surface area contributed by atoms with Crippen LogP contribution in [0.15, 0.2) is 0 Å². The van der Waals surface area contributed by atoms with E-state index in [0.717, 1.165) is 0 Å². The zero-order valence-electron chi connectivity index (χ0n) is 7.12. The predicted octanol–water partition coefficient (Wildman–Crippen LogP) is -1.11. The van der Waals surface area contributed by atoms with Crippen LogP contribution in [0.4, 0.5) is 0 Å². The molecular formula is C6H12O5S3. The molecule has 0 aromatic rings. The highest BCUT2D eigenvalue weighted by molar-refractivity contribution is 8.17. The summed E-state index contributed by atoms with van der Waals surface area (Å²) in [4.78, 5) is 11.3. The topological polar surface area (TPSA) is 87.0 Å². The smallest absolute Gasteiger partial charge is 0.322 e. The Morgan fingerprint density at radius 3 is 1.79 bits per heavy atom. The lowest BCUT2D eigenvalue weighted by Crippen LogP contribution is -2.50. The van der Waals surface area contributed by atoms with Crippen molar-refractivity contribution in [1.29, 1.82) is 0 Å². The molecule has 8 heteroatoms. The molecule has 0 aromatic carbocycles. The Labute approximate surface area is 97.7 Å². The van der Waals surface area contributed by atoms with Crippen LogP contribution in [0.5, 0.6) is 0 Å². The molecule has 0 atom stereocenters. The molecule has 0 aliphatic heterocycles. The number of rotatable bonds is 5. The van der Waals surface area contributed by atoms with Gasteiger partial charge >= 0.3 is 5.97 Å². The molecular weight excluding hydrogens is 248 g/mol. The molecule has 0 saturated heterocycles. The summed E-state index contributed by atoms with van der Waals surface area (Å²) >= 11 is 11.6. The molecule has 0 unspecified atom stereocenters. The number of esters is 1. The first-order chi connectivity index (χ1) is 6.35. The van der Waals surface area contributed by atoms with Crippen LogP contribution < -0.4 is 0 Å². The number of carbonyl (C=O) groups excluding carboxylic acids is 1. The Bertz CT molecular complexity index is 198. The molecule has 14 heavy (non-hydrogen) atoms. The van der Waals surface area contributed by atoms with Crippen LogP contribution in [0.25, 0.3) is 0 Å². The van der Waals surface area contributed by atoms with Crippen LogP contribution in [-0.4, -0.2) is 44.7 Å². The molecule has 0 aliphatic rings.